The fourth-order valence-corrected chi connectivity index (χ4v) is 2.55. The number of hydrogen-bond acceptors (Lipinski definition) is 7. The molecule has 2 heterocycles. The van der Waals surface area contributed by atoms with E-state index in [2.05, 4.69) is 15.0 Å². The largest absolute Gasteiger partial charge is 0.468 e. The number of fused-ring (bicyclic) bond motifs is 1. The van der Waals surface area contributed by atoms with Crippen molar-refractivity contribution in [2.45, 2.75) is 6.92 Å². The van der Waals surface area contributed by atoms with Crippen molar-refractivity contribution in [2.24, 2.45) is 0 Å². The molecule has 0 aliphatic heterocycles. The van der Waals surface area contributed by atoms with Gasteiger partial charge in [0.25, 0.3) is 5.91 Å². The van der Waals surface area contributed by atoms with E-state index in [1.54, 1.807) is 36.4 Å². The third kappa shape index (κ3) is 4.35. The van der Waals surface area contributed by atoms with Crippen LogP contribution in [0.5, 0.6) is 0 Å². The van der Waals surface area contributed by atoms with Gasteiger partial charge in [0.05, 0.1) is 18.2 Å². The van der Waals surface area contributed by atoms with Gasteiger partial charge in [-0.3, -0.25) is 9.59 Å². The summed E-state index contributed by atoms with van der Waals surface area (Å²) in [5.74, 6) is -0.655. The number of ether oxygens (including phenoxy) is 2. The van der Waals surface area contributed by atoms with Crippen molar-refractivity contribution in [1.29, 1.82) is 0 Å². The molecule has 2 aromatic heterocycles. The first-order chi connectivity index (χ1) is 13.5. The summed E-state index contributed by atoms with van der Waals surface area (Å²) in [6, 6.07) is 12.2. The van der Waals surface area contributed by atoms with Gasteiger partial charge in [0.2, 0.25) is 0 Å². The Bertz CT molecular complexity index is 1040. The van der Waals surface area contributed by atoms with Crippen LogP contribution in [-0.4, -0.2) is 43.1 Å². The molecule has 8 heteroatoms. The van der Waals surface area contributed by atoms with Gasteiger partial charge in [-0.05, 0) is 31.2 Å². The Kier molecular flexibility index (Phi) is 5.69. The van der Waals surface area contributed by atoms with Crippen molar-refractivity contribution in [3.05, 3.63) is 53.8 Å². The fraction of sp³-hybridized carbons (Fsp3) is 0.200. The first-order valence-corrected chi connectivity index (χ1v) is 8.45. The molecular weight excluding hydrogens is 364 g/mol. The SMILES string of the molecule is COC(=O)CNC(=O)COC(=O)c1cc(-c2ccc(C)o2)nc2ccccc12. The second-order valence-electron chi connectivity index (χ2n) is 5.91. The number of methoxy groups -OCH3 is 1. The molecule has 28 heavy (non-hydrogen) atoms. The van der Waals surface area contributed by atoms with Gasteiger partial charge in [-0.2, -0.15) is 0 Å². The van der Waals surface area contributed by atoms with E-state index >= 15 is 0 Å². The lowest BCUT2D eigenvalue weighted by Gasteiger charge is -2.09. The molecule has 0 aliphatic rings. The molecule has 1 N–H and O–H groups in total. The number of nitrogens with one attached hydrogen (secondary N) is 1. The highest BCUT2D eigenvalue weighted by molar-refractivity contribution is 6.05. The minimum atomic E-state index is -0.684. The third-order valence-electron chi connectivity index (χ3n) is 3.92. The molecule has 3 rings (SSSR count). The highest BCUT2D eigenvalue weighted by Crippen LogP contribution is 2.26. The molecule has 0 saturated carbocycles. The Labute approximate surface area is 160 Å². The van der Waals surface area contributed by atoms with Gasteiger partial charge in [0.1, 0.15) is 18.0 Å². The number of aryl methyl sites for hydroxylation is 1. The number of pyridine rings is 1. The number of carbonyl (C=O) groups is 3. The molecule has 0 bridgehead atoms. The number of carbonyl (C=O) groups excluding carboxylic acids is 3. The number of aromatic nitrogens is 1. The second-order valence-corrected chi connectivity index (χ2v) is 5.91. The van der Waals surface area contributed by atoms with E-state index < -0.39 is 24.5 Å². The van der Waals surface area contributed by atoms with E-state index in [0.29, 0.717) is 22.4 Å². The molecule has 0 atom stereocenters. The Morgan fingerprint density at radius 2 is 1.93 bits per heavy atom. The number of furan rings is 1. The number of para-hydroxylation sites is 1. The van der Waals surface area contributed by atoms with Gasteiger partial charge in [-0.15, -0.1) is 0 Å². The summed E-state index contributed by atoms with van der Waals surface area (Å²) in [5, 5.41) is 2.89. The molecule has 144 valence electrons. The van der Waals surface area contributed by atoms with Crippen LogP contribution in [-0.2, 0) is 19.1 Å². The van der Waals surface area contributed by atoms with E-state index in [-0.39, 0.29) is 12.1 Å². The maximum absolute atomic E-state index is 12.6. The summed E-state index contributed by atoms with van der Waals surface area (Å²) in [6.45, 7) is 0.987. The van der Waals surface area contributed by atoms with Crippen molar-refractivity contribution >= 4 is 28.7 Å². The zero-order valence-electron chi connectivity index (χ0n) is 15.4. The molecule has 0 aliphatic carbocycles. The average molecular weight is 382 g/mol. The second kappa shape index (κ2) is 8.34. The van der Waals surface area contributed by atoms with Crippen LogP contribution in [0.25, 0.3) is 22.4 Å². The Balaban J connectivity index is 1.82. The predicted molar refractivity (Wildman–Crippen MR) is 99.5 cm³/mol. The van der Waals surface area contributed by atoms with Gasteiger partial charge in [0, 0.05) is 5.39 Å². The lowest BCUT2D eigenvalue weighted by Crippen LogP contribution is -2.33. The third-order valence-corrected chi connectivity index (χ3v) is 3.92. The van der Waals surface area contributed by atoms with E-state index in [1.165, 1.54) is 7.11 Å². The standard InChI is InChI=1S/C20H18N2O6/c1-12-7-8-17(28-12)16-9-14(13-5-3-4-6-15(13)22-16)20(25)27-11-18(23)21-10-19(24)26-2/h3-9H,10-11H2,1-2H3,(H,21,23). The summed E-state index contributed by atoms with van der Waals surface area (Å²) in [7, 11) is 1.21. The molecular formula is C20H18N2O6. The smallest absolute Gasteiger partial charge is 0.339 e. The maximum atomic E-state index is 12.6. The number of esters is 2. The lowest BCUT2D eigenvalue weighted by atomic mass is 10.1. The van der Waals surface area contributed by atoms with Crippen LogP contribution < -0.4 is 5.32 Å². The van der Waals surface area contributed by atoms with Gasteiger partial charge in [-0.1, -0.05) is 18.2 Å². The predicted octanol–water partition coefficient (Wildman–Crippen LogP) is 2.25. The first kappa shape index (κ1) is 19.1. The topological polar surface area (TPSA) is 108 Å². The maximum Gasteiger partial charge on any atom is 0.339 e. The number of amides is 1. The number of rotatable bonds is 6. The molecule has 3 aromatic rings. The van der Waals surface area contributed by atoms with E-state index in [1.807, 2.05) is 13.0 Å². The average Bonchev–Trinajstić information content (AvgIpc) is 3.15. The lowest BCUT2D eigenvalue weighted by molar-refractivity contribution is -0.141. The Morgan fingerprint density at radius 1 is 1.14 bits per heavy atom. The molecule has 0 fully saturated rings. The normalized spacial score (nSPS) is 10.5. The van der Waals surface area contributed by atoms with Crippen LogP contribution in [0.2, 0.25) is 0 Å². The number of nitrogens with zero attached hydrogens (tertiary/aromatic N) is 1. The Morgan fingerprint density at radius 3 is 2.64 bits per heavy atom. The zero-order chi connectivity index (χ0) is 20.1. The van der Waals surface area contributed by atoms with E-state index in [9.17, 15) is 14.4 Å². The molecule has 0 radical (unpaired) electrons. The zero-order valence-corrected chi connectivity index (χ0v) is 15.4. The minimum Gasteiger partial charge on any atom is -0.468 e. The first-order valence-electron chi connectivity index (χ1n) is 8.45. The Hall–Kier alpha value is -3.68. The van der Waals surface area contributed by atoms with Gasteiger partial charge in [-0.25, -0.2) is 9.78 Å². The summed E-state index contributed by atoms with van der Waals surface area (Å²) in [6.07, 6.45) is 0. The monoisotopic (exact) mass is 382 g/mol. The highest BCUT2D eigenvalue weighted by Gasteiger charge is 2.18. The van der Waals surface area contributed by atoms with E-state index in [4.69, 9.17) is 9.15 Å². The fourth-order valence-electron chi connectivity index (χ4n) is 2.55. The molecule has 0 spiro atoms. The van der Waals surface area contributed by atoms with Crippen molar-refractivity contribution < 1.29 is 28.3 Å². The van der Waals surface area contributed by atoms with Crippen molar-refractivity contribution in [1.82, 2.24) is 10.3 Å². The minimum absolute atomic E-state index is 0.260. The summed E-state index contributed by atoms with van der Waals surface area (Å²) < 4.78 is 15.1. The molecule has 0 saturated heterocycles. The number of hydrogen-bond donors (Lipinski definition) is 1. The van der Waals surface area contributed by atoms with Crippen molar-refractivity contribution in [3.8, 4) is 11.5 Å². The molecule has 1 aromatic carbocycles. The van der Waals surface area contributed by atoms with Crippen molar-refractivity contribution in [2.75, 3.05) is 20.3 Å². The summed E-state index contributed by atoms with van der Waals surface area (Å²) >= 11 is 0. The van der Waals surface area contributed by atoms with Crippen LogP contribution in [0.1, 0.15) is 16.1 Å². The van der Waals surface area contributed by atoms with Crippen LogP contribution in [0.3, 0.4) is 0 Å². The van der Waals surface area contributed by atoms with Crippen LogP contribution in [0.4, 0.5) is 0 Å². The summed E-state index contributed by atoms with van der Waals surface area (Å²) in [5.41, 5.74) is 1.33. The van der Waals surface area contributed by atoms with Gasteiger partial charge in [0.15, 0.2) is 12.4 Å². The highest BCUT2D eigenvalue weighted by atomic mass is 16.5. The molecule has 8 nitrogen and oxygen atoms in total. The van der Waals surface area contributed by atoms with Gasteiger partial charge >= 0.3 is 11.9 Å². The number of benzene rings is 1. The van der Waals surface area contributed by atoms with Crippen LogP contribution >= 0.6 is 0 Å². The van der Waals surface area contributed by atoms with E-state index in [0.717, 1.165) is 5.76 Å². The quantitative estimate of drug-likeness (QED) is 0.652. The summed E-state index contributed by atoms with van der Waals surface area (Å²) in [4.78, 5) is 39.9. The van der Waals surface area contributed by atoms with Crippen LogP contribution in [0, 0.1) is 6.92 Å². The molecule has 1 amide bonds. The van der Waals surface area contributed by atoms with Crippen molar-refractivity contribution in [3.63, 3.8) is 0 Å². The van der Waals surface area contributed by atoms with Crippen LogP contribution in [0.15, 0.2) is 46.9 Å². The van der Waals surface area contributed by atoms with Gasteiger partial charge < -0.3 is 19.2 Å². The molecule has 0 unspecified atom stereocenters.